The van der Waals surface area contributed by atoms with Crippen molar-refractivity contribution in [1.29, 1.82) is 0 Å². The van der Waals surface area contributed by atoms with Crippen LogP contribution in [0.1, 0.15) is 34.5 Å². The van der Waals surface area contributed by atoms with Gasteiger partial charge in [0.15, 0.2) is 0 Å². The lowest BCUT2D eigenvalue weighted by Gasteiger charge is -2.29. The Hall–Kier alpha value is -4.48. The monoisotopic (exact) mass is 584 g/mol. The van der Waals surface area contributed by atoms with Gasteiger partial charge in [-0.25, -0.2) is 9.78 Å². The van der Waals surface area contributed by atoms with Crippen LogP contribution in [0, 0.1) is 6.92 Å². The van der Waals surface area contributed by atoms with E-state index in [1.54, 1.807) is 17.2 Å². The number of hydrogen-bond donors (Lipinski definition) is 3. The summed E-state index contributed by atoms with van der Waals surface area (Å²) in [6, 6.07) is 16.5. The number of ether oxygens (including phenoxy) is 1. The van der Waals surface area contributed by atoms with E-state index in [2.05, 4.69) is 20.9 Å². The molecule has 0 spiro atoms. The van der Waals surface area contributed by atoms with Gasteiger partial charge in [-0.1, -0.05) is 18.2 Å². The Morgan fingerprint density at radius 3 is 2.55 bits per heavy atom. The van der Waals surface area contributed by atoms with Crippen LogP contribution in [-0.2, 0) is 4.79 Å². The number of benzene rings is 2. The second-order valence-electron chi connectivity index (χ2n) is 10.9. The second kappa shape index (κ2) is 11.4. The van der Waals surface area contributed by atoms with Crippen LogP contribution >= 0.6 is 11.3 Å². The van der Waals surface area contributed by atoms with Crippen molar-refractivity contribution in [3.8, 4) is 11.5 Å². The fourth-order valence-corrected chi connectivity index (χ4v) is 6.63. The lowest BCUT2D eigenvalue weighted by molar-refractivity contribution is -0.122. The van der Waals surface area contributed by atoms with Crippen LogP contribution in [-0.4, -0.2) is 60.5 Å². The molecule has 2 atom stereocenters. The standard InChI is InChI=1S/C31H32N6O4S/c1-18-15-22(41-21-7-5-4-6-8-21)11-12-23(18)37-24-13-14-32-30-26(24)27(35-31(37)40)28(42-30)29(39)34-20-10-9-19(16-20)33-25(38)17-36(2)3/h4-8,11-15,19-20H,9-10,16-17H2,1-3H3,(H,33,38)(H,34,39)(H,35,40)/t19-,20+/m1/s1. The van der Waals surface area contributed by atoms with E-state index >= 15 is 0 Å². The normalized spacial score (nSPS) is 17.8. The summed E-state index contributed by atoms with van der Waals surface area (Å²) in [5.74, 6) is 1.12. The number of thiophene rings is 1. The SMILES string of the molecule is Cc1cc(Oc2ccccc2)ccc1N1C(=O)Nc2c(C(=O)N[C@H]3CC[C@@H](NC(=O)CN(C)C)C3)sc3nccc1c23. The second-order valence-corrected chi connectivity index (χ2v) is 11.9. The zero-order valence-corrected chi connectivity index (χ0v) is 24.5. The number of carbonyl (C=O) groups excluding carboxylic acids is 3. The van der Waals surface area contributed by atoms with Gasteiger partial charge in [-0.05, 0) is 82.2 Å². The highest BCUT2D eigenvalue weighted by Crippen LogP contribution is 2.46. The molecule has 42 heavy (non-hydrogen) atoms. The molecule has 3 heterocycles. The lowest BCUT2D eigenvalue weighted by Crippen LogP contribution is -2.40. The Labute approximate surface area is 247 Å². The summed E-state index contributed by atoms with van der Waals surface area (Å²) in [5, 5.41) is 9.86. The highest BCUT2D eigenvalue weighted by atomic mass is 32.1. The summed E-state index contributed by atoms with van der Waals surface area (Å²) in [5.41, 5.74) is 2.70. The minimum Gasteiger partial charge on any atom is -0.457 e. The van der Waals surface area contributed by atoms with Crippen molar-refractivity contribution in [2.24, 2.45) is 0 Å². The maximum Gasteiger partial charge on any atom is 0.331 e. The highest BCUT2D eigenvalue weighted by Gasteiger charge is 2.34. The van der Waals surface area contributed by atoms with Gasteiger partial charge >= 0.3 is 6.03 Å². The molecular weight excluding hydrogens is 552 g/mol. The maximum absolute atomic E-state index is 13.6. The molecule has 11 heteroatoms. The van der Waals surface area contributed by atoms with Crippen LogP contribution in [0.2, 0.25) is 0 Å². The Morgan fingerprint density at radius 2 is 1.81 bits per heavy atom. The Bertz CT molecular complexity index is 1670. The number of rotatable bonds is 8. The fraction of sp³-hybridized carbons (Fsp3) is 0.290. The van der Waals surface area contributed by atoms with E-state index in [4.69, 9.17) is 4.74 Å². The molecular formula is C31H32N6O4S. The summed E-state index contributed by atoms with van der Waals surface area (Å²) in [7, 11) is 3.71. The van der Waals surface area contributed by atoms with E-state index in [0.717, 1.165) is 29.5 Å². The Balaban J connectivity index is 1.22. The van der Waals surface area contributed by atoms with Crippen molar-refractivity contribution >= 4 is 56.5 Å². The fourth-order valence-electron chi connectivity index (χ4n) is 5.61. The average molecular weight is 585 g/mol. The van der Waals surface area contributed by atoms with E-state index < -0.39 is 0 Å². The van der Waals surface area contributed by atoms with E-state index in [1.807, 2.05) is 74.4 Å². The summed E-state index contributed by atoms with van der Waals surface area (Å²) >= 11 is 1.26. The predicted octanol–water partition coefficient (Wildman–Crippen LogP) is 5.41. The molecule has 2 aliphatic rings. The van der Waals surface area contributed by atoms with Gasteiger partial charge in [-0.3, -0.25) is 14.5 Å². The minimum atomic E-state index is -0.355. The maximum atomic E-state index is 13.6. The summed E-state index contributed by atoms with van der Waals surface area (Å²) in [6.07, 6.45) is 3.89. The van der Waals surface area contributed by atoms with Crippen LogP contribution < -0.4 is 25.6 Å². The first-order valence-electron chi connectivity index (χ1n) is 13.9. The molecule has 0 radical (unpaired) electrons. The van der Waals surface area contributed by atoms with E-state index in [9.17, 15) is 14.4 Å². The van der Waals surface area contributed by atoms with Crippen LogP contribution in [0.3, 0.4) is 0 Å². The van der Waals surface area contributed by atoms with Gasteiger partial charge in [0.25, 0.3) is 5.91 Å². The highest BCUT2D eigenvalue weighted by molar-refractivity contribution is 7.21. The number of likely N-dealkylation sites (N-methyl/N-ethyl adjacent to an activating group) is 1. The topological polar surface area (TPSA) is 116 Å². The van der Waals surface area contributed by atoms with Crippen LogP contribution in [0.4, 0.5) is 21.9 Å². The number of para-hydroxylation sites is 1. The quantitative estimate of drug-likeness (QED) is 0.255. The molecule has 0 saturated heterocycles. The number of aryl methyl sites for hydroxylation is 1. The third-order valence-corrected chi connectivity index (χ3v) is 8.53. The molecule has 6 rings (SSSR count). The third-order valence-electron chi connectivity index (χ3n) is 7.43. The first kappa shape index (κ1) is 27.7. The first-order chi connectivity index (χ1) is 20.3. The smallest absolute Gasteiger partial charge is 0.331 e. The van der Waals surface area contributed by atoms with Gasteiger partial charge in [0.1, 0.15) is 21.2 Å². The number of amides is 4. The van der Waals surface area contributed by atoms with Gasteiger partial charge < -0.3 is 25.6 Å². The van der Waals surface area contributed by atoms with Crippen molar-refractivity contribution in [2.45, 2.75) is 38.3 Å². The number of pyridine rings is 1. The van der Waals surface area contributed by atoms with Gasteiger partial charge in [0.05, 0.1) is 29.0 Å². The van der Waals surface area contributed by atoms with E-state index in [-0.39, 0.29) is 29.9 Å². The number of nitrogens with zero attached hydrogens (tertiary/aromatic N) is 3. The van der Waals surface area contributed by atoms with Crippen molar-refractivity contribution in [1.82, 2.24) is 20.5 Å². The van der Waals surface area contributed by atoms with Gasteiger partial charge in [0, 0.05) is 18.3 Å². The number of aromatic nitrogens is 1. The first-order valence-corrected chi connectivity index (χ1v) is 14.7. The molecule has 2 aromatic carbocycles. The zero-order valence-electron chi connectivity index (χ0n) is 23.6. The Morgan fingerprint density at radius 1 is 1.05 bits per heavy atom. The summed E-state index contributed by atoms with van der Waals surface area (Å²) < 4.78 is 5.97. The van der Waals surface area contributed by atoms with Crippen LogP contribution in [0.5, 0.6) is 11.5 Å². The van der Waals surface area contributed by atoms with E-state index in [1.165, 1.54) is 11.3 Å². The number of carbonyl (C=O) groups is 3. The van der Waals surface area contributed by atoms with Crippen molar-refractivity contribution < 1.29 is 19.1 Å². The van der Waals surface area contributed by atoms with Crippen molar-refractivity contribution in [2.75, 3.05) is 30.9 Å². The number of nitrogens with one attached hydrogen (secondary N) is 3. The molecule has 2 aromatic heterocycles. The van der Waals surface area contributed by atoms with Crippen LogP contribution in [0.15, 0.2) is 60.8 Å². The predicted molar refractivity (Wildman–Crippen MR) is 164 cm³/mol. The number of urea groups is 1. The molecule has 3 N–H and O–H groups in total. The Kier molecular flexibility index (Phi) is 7.53. The molecule has 1 fully saturated rings. The van der Waals surface area contributed by atoms with Gasteiger partial charge in [-0.2, -0.15) is 0 Å². The molecule has 10 nitrogen and oxygen atoms in total. The zero-order chi connectivity index (χ0) is 29.4. The largest absolute Gasteiger partial charge is 0.457 e. The molecule has 4 aromatic rings. The lowest BCUT2D eigenvalue weighted by atomic mass is 10.1. The molecule has 1 aliphatic carbocycles. The molecule has 216 valence electrons. The summed E-state index contributed by atoms with van der Waals surface area (Å²) in [6.45, 7) is 2.26. The molecule has 0 unspecified atom stereocenters. The molecule has 4 amide bonds. The van der Waals surface area contributed by atoms with Gasteiger partial charge in [-0.15, -0.1) is 11.3 Å². The molecule has 0 bridgehead atoms. The molecule has 1 aliphatic heterocycles. The third kappa shape index (κ3) is 5.53. The van der Waals surface area contributed by atoms with E-state index in [0.29, 0.717) is 45.5 Å². The number of hydrogen-bond acceptors (Lipinski definition) is 7. The number of anilines is 3. The van der Waals surface area contributed by atoms with Crippen molar-refractivity contribution in [3.63, 3.8) is 0 Å². The molecule has 1 saturated carbocycles. The minimum absolute atomic E-state index is 0.0228. The van der Waals surface area contributed by atoms with Crippen LogP contribution in [0.25, 0.3) is 10.2 Å². The average Bonchev–Trinajstić information content (AvgIpc) is 3.54. The van der Waals surface area contributed by atoms with Crippen molar-refractivity contribution in [3.05, 3.63) is 71.2 Å². The van der Waals surface area contributed by atoms with Gasteiger partial charge in [0.2, 0.25) is 5.91 Å². The summed E-state index contributed by atoms with van der Waals surface area (Å²) in [4.78, 5) is 48.2.